The number of hydrogen-bond donors (Lipinski definition) is 1. The van der Waals surface area contributed by atoms with Gasteiger partial charge in [-0.1, -0.05) is 0 Å². The molecule has 2 aliphatic rings. The fourth-order valence-corrected chi connectivity index (χ4v) is 4.64. The third-order valence-corrected chi connectivity index (χ3v) is 6.53. The van der Waals surface area contributed by atoms with Gasteiger partial charge in [-0.3, -0.25) is 4.79 Å². The summed E-state index contributed by atoms with van der Waals surface area (Å²) in [5.74, 6) is 0.404. The van der Waals surface area contributed by atoms with Gasteiger partial charge in [-0.25, -0.2) is 18.4 Å². The van der Waals surface area contributed by atoms with E-state index in [1.54, 1.807) is 18.3 Å². The van der Waals surface area contributed by atoms with E-state index in [-0.39, 0.29) is 23.9 Å². The first-order valence-corrected chi connectivity index (χ1v) is 10.4. The lowest BCUT2D eigenvalue weighted by atomic mass is 10.3. The molecule has 28 heavy (non-hydrogen) atoms. The Hall–Kier alpha value is -2.56. The SMILES string of the molecule is CC(=O)Nc1ccc(S(=O)(=O)N2Cc3cnc(N4CCOCC4)nc3C2)cc1. The topological polar surface area (TPSA) is 105 Å². The molecule has 0 radical (unpaired) electrons. The average Bonchev–Trinajstić information content (AvgIpc) is 3.13. The van der Waals surface area contributed by atoms with Crippen molar-refractivity contribution in [3.8, 4) is 0 Å². The highest BCUT2D eigenvalue weighted by atomic mass is 32.2. The molecule has 3 heterocycles. The molecule has 0 aliphatic carbocycles. The van der Waals surface area contributed by atoms with Gasteiger partial charge in [-0.15, -0.1) is 0 Å². The Bertz CT molecular complexity index is 988. The van der Waals surface area contributed by atoms with Crippen molar-refractivity contribution in [3.05, 3.63) is 41.7 Å². The Balaban J connectivity index is 1.52. The summed E-state index contributed by atoms with van der Waals surface area (Å²) in [6.07, 6.45) is 1.71. The van der Waals surface area contributed by atoms with Gasteiger partial charge in [0.15, 0.2) is 0 Å². The number of nitrogens with one attached hydrogen (secondary N) is 1. The Kier molecular flexibility index (Phi) is 5.00. The molecule has 1 fully saturated rings. The van der Waals surface area contributed by atoms with Gasteiger partial charge < -0.3 is 15.0 Å². The predicted molar refractivity (Wildman–Crippen MR) is 102 cm³/mol. The zero-order valence-corrected chi connectivity index (χ0v) is 16.3. The van der Waals surface area contributed by atoms with Gasteiger partial charge in [-0.05, 0) is 24.3 Å². The first-order chi connectivity index (χ1) is 13.4. The molecule has 1 aromatic carbocycles. The van der Waals surface area contributed by atoms with E-state index in [2.05, 4.69) is 15.3 Å². The second-order valence-corrected chi connectivity index (χ2v) is 8.66. The Morgan fingerprint density at radius 3 is 2.54 bits per heavy atom. The molecule has 1 aromatic heterocycles. The van der Waals surface area contributed by atoms with Crippen molar-refractivity contribution >= 4 is 27.6 Å². The Morgan fingerprint density at radius 1 is 1.14 bits per heavy atom. The molecule has 2 aromatic rings. The van der Waals surface area contributed by atoms with Crippen molar-refractivity contribution in [2.45, 2.75) is 24.9 Å². The van der Waals surface area contributed by atoms with Crippen LogP contribution in [0, 0.1) is 0 Å². The molecule has 0 bridgehead atoms. The molecule has 0 spiro atoms. The van der Waals surface area contributed by atoms with E-state index in [1.165, 1.54) is 23.4 Å². The number of fused-ring (bicyclic) bond motifs is 1. The average molecular weight is 403 g/mol. The smallest absolute Gasteiger partial charge is 0.243 e. The summed E-state index contributed by atoms with van der Waals surface area (Å²) < 4.78 is 32.7. The fourth-order valence-electron chi connectivity index (χ4n) is 3.26. The monoisotopic (exact) mass is 403 g/mol. The van der Waals surface area contributed by atoms with Crippen LogP contribution in [-0.4, -0.2) is 54.9 Å². The van der Waals surface area contributed by atoms with Crippen LogP contribution >= 0.6 is 0 Å². The quantitative estimate of drug-likeness (QED) is 0.811. The van der Waals surface area contributed by atoms with Gasteiger partial charge in [0.05, 0.1) is 30.3 Å². The summed E-state index contributed by atoms with van der Waals surface area (Å²) in [5, 5.41) is 2.63. The molecule has 1 amide bonds. The predicted octanol–water partition coefficient (Wildman–Crippen LogP) is 0.976. The number of hydrogen-bond acceptors (Lipinski definition) is 7. The minimum Gasteiger partial charge on any atom is -0.378 e. The number of amides is 1. The van der Waals surface area contributed by atoms with Crippen LogP contribution in [0.2, 0.25) is 0 Å². The molecule has 0 saturated carbocycles. The van der Waals surface area contributed by atoms with Crippen LogP contribution in [0.5, 0.6) is 0 Å². The van der Waals surface area contributed by atoms with E-state index in [0.717, 1.165) is 24.3 Å². The first-order valence-electron chi connectivity index (χ1n) is 8.99. The van der Waals surface area contributed by atoms with Crippen LogP contribution < -0.4 is 10.2 Å². The second kappa shape index (κ2) is 7.46. The maximum absolute atomic E-state index is 13.0. The highest BCUT2D eigenvalue weighted by Crippen LogP contribution is 2.29. The van der Waals surface area contributed by atoms with Crippen LogP contribution in [0.4, 0.5) is 11.6 Å². The number of rotatable bonds is 4. The van der Waals surface area contributed by atoms with E-state index in [9.17, 15) is 13.2 Å². The zero-order valence-electron chi connectivity index (χ0n) is 15.5. The lowest BCUT2D eigenvalue weighted by Gasteiger charge is -2.26. The van der Waals surface area contributed by atoms with E-state index in [4.69, 9.17) is 4.74 Å². The highest BCUT2D eigenvalue weighted by molar-refractivity contribution is 7.89. The van der Waals surface area contributed by atoms with Crippen LogP contribution in [0.3, 0.4) is 0 Å². The minimum atomic E-state index is -3.67. The van der Waals surface area contributed by atoms with Crippen molar-refractivity contribution < 1.29 is 17.9 Å². The van der Waals surface area contributed by atoms with Crippen molar-refractivity contribution in [2.24, 2.45) is 0 Å². The van der Waals surface area contributed by atoms with Crippen molar-refractivity contribution in [2.75, 3.05) is 36.5 Å². The van der Waals surface area contributed by atoms with Crippen molar-refractivity contribution in [1.82, 2.24) is 14.3 Å². The standard InChI is InChI=1S/C18H21N5O4S/c1-13(24)20-15-2-4-16(5-3-15)28(25,26)23-11-14-10-19-18(21-17(14)12-23)22-6-8-27-9-7-22/h2-5,10H,6-9,11-12H2,1H3,(H,20,24). The summed E-state index contributed by atoms with van der Waals surface area (Å²) in [7, 11) is -3.67. The summed E-state index contributed by atoms with van der Waals surface area (Å²) in [6.45, 7) is 4.57. The van der Waals surface area contributed by atoms with Gasteiger partial charge in [-0.2, -0.15) is 4.31 Å². The fraction of sp³-hybridized carbons (Fsp3) is 0.389. The number of sulfonamides is 1. The Labute approximate surface area is 163 Å². The number of morpholine rings is 1. The number of aromatic nitrogens is 2. The summed E-state index contributed by atoms with van der Waals surface area (Å²) in [4.78, 5) is 22.3. The third kappa shape index (κ3) is 3.71. The largest absolute Gasteiger partial charge is 0.378 e. The molecular weight excluding hydrogens is 382 g/mol. The summed E-state index contributed by atoms with van der Waals surface area (Å²) in [5.41, 5.74) is 2.10. The van der Waals surface area contributed by atoms with E-state index in [1.807, 2.05) is 4.90 Å². The molecule has 4 rings (SSSR count). The van der Waals surface area contributed by atoms with Crippen LogP contribution in [0.25, 0.3) is 0 Å². The van der Waals surface area contributed by atoms with E-state index >= 15 is 0 Å². The number of carbonyl (C=O) groups excluding carboxylic acids is 1. The molecule has 0 atom stereocenters. The number of nitrogens with zero attached hydrogens (tertiary/aromatic N) is 4. The highest BCUT2D eigenvalue weighted by Gasteiger charge is 2.32. The zero-order chi connectivity index (χ0) is 19.7. The lowest BCUT2D eigenvalue weighted by molar-refractivity contribution is -0.114. The second-order valence-electron chi connectivity index (χ2n) is 6.72. The molecule has 1 saturated heterocycles. The van der Waals surface area contributed by atoms with Crippen LogP contribution in [0.1, 0.15) is 18.2 Å². The van der Waals surface area contributed by atoms with E-state index < -0.39 is 10.0 Å². The molecule has 0 unspecified atom stereocenters. The van der Waals surface area contributed by atoms with Crippen molar-refractivity contribution in [3.63, 3.8) is 0 Å². The molecule has 9 nitrogen and oxygen atoms in total. The third-order valence-electron chi connectivity index (χ3n) is 4.72. The molecule has 1 N–H and O–H groups in total. The maximum Gasteiger partial charge on any atom is 0.243 e. The lowest BCUT2D eigenvalue weighted by Crippen LogP contribution is -2.37. The molecule has 2 aliphatic heterocycles. The molecule has 148 valence electrons. The first kappa shape index (κ1) is 18.8. The number of ether oxygens (including phenoxy) is 1. The van der Waals surface area contributed by atoms with Gasteiger partial charge in [0.25, 0.3) is 0 Å². The summed E-state index contributed by atoms with van der Waals surface area (Å²) >= 11 is 0. The Morgan fingerprint density at radius 2 is 1.86 bits per heavy atom. The number of carbonyl (C=O) groups is 1. The summed E-state index contributed by atoms with van der Waals surface area (Å²) in [6, 6.07) is 6.14. The van der Waals surface area contributed by atoms with Crippen molar-refractivity contribution in [1.29, 1.82) is 0 Å². The molecule has 10 heteroatoms. The van der Waals surface area contributed by atoms with Gasteiger partial charge in [0.2, 0.25) is 21.9 Å². The number of benzene rings is 1. The molecular formula is C18H21N5O4S. The maximum atomic E-state index is 13.0. The van der Waals surface area contributed by atoms with Gasteiger partial charge in [0.1, 0.15) is 0 Å². The van der Waals surface area contributed by atoms with Crippen LogP contribution in [-0.2, 0) is 32.6 Å². The van der Waals surface area contributed by atoms with Gasteiger partial charge in [0, 0.05) is 44.0 Å². The normalized spacial score (nSPS) is 17.4. The minimum absolute atomic E-state index is 0.177. The van der Waals surface area contributed by atoms with Gasteiger partial charge >= 0.3 is 0 Å². The van der Waals surface area contributed by atoms with E-state index in [0.29, 0.717) is 24.8 Å². The van der Waals surface area contributed by atoms with Crippen LogP contribution in [0.15, 0.2) is 35.4 Å². The number of anilines is 2.